The Kier molecular flexibility index (Phi) is 2.32. The van der Waals surface area contributed by atoms with Crippen molar-refractivity contribution in [1.29, 1.82) is 0 Å². The molecule has 0 radical (unpaired) electrons. The van der Waals surface area contributed by atoms with E-state index in [9.17, 15) is 8.42 Å². The summed E-state index contributed by atoms with van der Waals surface area (Å²) in [6, 6.07) is 0.496. The Morgan fingerprint density at radius 2 is 2.36 bits per heavy atom. The summed E-state index contributed by atoms with van der Waals surface area (Å²) in [6.07, 6.45) is 6.69. The zero-order valence-electron chi connectivity index (χ0n) is 7.88. The van der Waals surface area contributed by atoms with E-state index in [0.717, 1.165) is 24.8 Å². The van der Waals surface area contributed by atoms with E-state index >= 15 is 0 Å². The summed E-state index contributed by atoms with van der Waals surface area (Å²) in [6.45, 7) is 0.0787. The van der Waals surface area contributed by atoms with E-state index < -0.39 is 10.1 Å². The molecule has 0 bridgehead atoms. The molecule has 1 heterocycles. The van der Waals surface area contributed by atoms with Crippen molar-refractivity contribution in [2.45, 2.75) is 25.5 Å². The molecule has 0 aromatic carbocycles. The van der Waals surface area contributed by atoms with Gasteiger partial charge in [0.1, 0.15) is 6.61 Å². The van der Waals surface area contributed by atoms with Crippen molar-refractivity contribution in [1.82, 2.24) is 9.55 Å². The molecular formula is C8H12N2O3S. The maximum absolute atomic E-state index is 10.8. The third-order valence-electron chi connectivity index (χ3n) is 2.11. The van der Waals surface area contributed by atoms with Crippen LogP contribution in [0.4, 0.5) is 0 Å². The molecule has 0 amide bonds. The number of aromatic nitrogens is 2. The lowest BCUT2D eigenvalue weighted by Gasteiger charge is -2.05. The van der Waals surface area contributed by atoms with Gasteiger partial charge in [0, 0.05) is 6.04 Å². The first-order chi connectivity index (χ1) is 6.56. The van der Waals surface area contributed by atoms with Gasteiger partial charge >= 0.3 is 0 Å². The van der Waals surface area contributed by atoms with E-state index in [4.69, 9.17) is 4.18 Å². The minimum Gasteiger partial charge on any atom is -0.329 e. The topological polar surface area (TPSA) is 61.2 Å². The Balaban J connectivity index is 2.05. The molecule has 6 heteroatoms. The van der Waals surface area contributed by atoms with Crippen LogP contribution in [0.3, 0.4) is 0 Å². The minimum atomic E-state index is -3.36. The molecule has 1 aromatic rings. The van der Waals surface area contributed by atoms with E-state index in [1.807, 2.05) is 4.57 Å². The highest BCUT2D eigenvalue weighted by Crippen LogP contribution is 2.35. The molecule has 5 nitrogen and oxygen atoms in total. The van der Waals surface area contributed by atoms with Gasteiger partial charge in [-0.2, -0.15) is 8.42 Å². The van der Waals surface area contributed by atoms with Crippen LogP contribution in [-0.2, 0) is 20.9 Å². The molecule has 2 rings (SSSR count). The summed E-state index contributed by atoms with van der Waals surface area (Å²) in [5.41, 5.74) is 0.818. The van der Waals surface area contributed by atoms with Gasteiger partial charge in [0.25, 0.3) is 10.1 Å². The smallest absolute Gasteiger partial charge is 0.264 e. The number of rotatable bonds is 4. The Bertz CT molecular complexity index is 420. The van der Waals surface area contributed by atoms with Crippen molar-refractivity contribution in [3.05, 3.63) is 18.2 Å². The molecule has 0 saturated heterocycles. The predicted octanol–water partition coefficient (Wildman–Crippen LogP) is 0.694. The second-order valence-corrected chi connectivity index (χ2v) is 5.13. The molecule has 0 spiro atoms. The molecule has 0 aliphatic heterocycles. The zero-order chi connectivity index (χ0) is 10.2. The SMILES string of the molecule is CS(=O)(=O)OCc1cncn1C1CC1. The Hall–Kier alpha value is -0.880. The fraction of sp³-hybridized carbons (Fsp3) is 0.625. The second kappa shape index (κ2) is 3.36. The van der Waals surface area contributed by atoms with Crippen LogP contribution in [0, 0.1) is 0 Å². The molecule has 14 heavy (non-hydrogen) atoms. The van der Waals surface area contributed by atoms with Crippen LogP contribution in [-0.4, -0.2) is 24.2 Å². The quantitative estimate of drug-likeness (QED) is 0.695. The molecule has 1 fully saturated rings. The van der Waals surface area contributed by atoms with Gasteiger partial charge in [-0.25, -0.2) is 4.98 Å². The largest absolute Gasteiger partial charge is 0.329 e. The van der Waals surface area contributed by atoms with Gasteiger partial charge in [-0.15, -0.1) is 0 Å². The summed E-state index contributed by atoms with van der Waals surface area (Å²) >= 11 is 0. The van der Waals surface area contributed by atoms with Crippen LogP contribution < -0.4 is 0 Å². The van der Waals surface area contributed by atoms with Gasteiger partial charge in [0.15, 0.2) is 0 Å². The van der Waals surface area contributed by atoms with Gasteiger partial charge in [-0.05, 0) is 12.8 Å². The third-order valence-corrected chi connectivity index (χ3v) is 2.65. The maximum atomic E-state index is 10.8. The van der Waals surface area contributed by atoms with Crippen molar-refractivity contribution in [3.8, 4) is 0 Å². The lowest BCUT2D eigenvalue weighted by atomic mass is 10.5. The Morgan fingerprint density at radius 1 is 1.64 bits per heavy atom. The monoisotopic (exact) mass is 216 g/mol. The van der Waals surface area contributed by atoms with E-state index in [1.54, 1.807) is 12.5 Å². The first-order valence-corrected chi connectivity index (χ1v) is 6.23. The number of nitrogens with zero attached hydrogens (tertiary/aromatic N) is 2. The van der Waals surface area contributed by atoms with E-state index in [-0.39, 0.29) is 6.61 Å². The van der Waals surface area contributed by atoms with Crippen LogP contribution >= 0.6 is 0 Å². The minimum absolute atomic E-state index is 0.0787. The standard InChI is InChI=1S/C8H12N2O3S/c1-14(11,12)13-5-8-4-9-6-10(8)7-2-3-7/h4,6-7H,2-3,5H2,1H3. The average molecular weight is 216 g/mol. The van der Waals surface area contributed by atoms with Crippen molar-refractivity contribution < 1.29 is 12.6 Å². The lowest BCUT2D eigenvalue weighted by molar-refractivity contribution is 0.301. The van der Waals surface area contributed by atoms with Crippen molar-refractivity contribution in [2.75, 3.05) is 6.26 Å². The number of hydrogen-bond donors (Lipinski definition) is 0. The highest BCUT2D eigenvalue weighted by Gasteiger charge is 2.25. The Morgan fingerprint density at radius 3 is 2.93 bits per heavy atom. The van der Waals surface area contributed by atoms with Crippen molar-refractivity contribution >= 4 is 10.1 Å². The number of hydrogen-bond acceptors (Lipinski definition) is 4. The zero-order valence-corrected chi connectivity index (χ0v) is 8.70. The molecule has 78 valence electrons. The third kappa shape index (κ3) is 2.33. The number of imidazole rings is 1. The average Bonchev–Trinajstić information content (AvgIpc) is 2.81. The maximum Gasteiger partial charge on any atom is 0.264 e. The van der Waals surface area contributed by atoms with Gasteiger partial charge < -0.3 is 4.57 Å². The van der Waals surface area contributed by atoms with Crippen molar-refractivity contribution in [2.24, 2.45) is 0 Å². The fourth-order valence-corrected chi connectivity index (χ4v) is 1.63. The summed E-state index contributed by atoms with van der Waals surface area (Å²) in [5.74, 6) is 0. The first-order valence-electron chi connectivity index (χ1n) is 4.41. The van der Waals surface area contributed by atoms with Crippen LogP contribution in [0.25, 0.3) is 0 Å². The molecule has 1 aromatic heterocycles. The molecule has 1 aliphatic rings. The summed E-state index contributed by atoms with van der Waals surface area (Å²) < 4.78 is 28.2. The van der Waals surface area contributed by atoms with Crippen molar-refractivity contribution in [3.63, 3.8) is 0 Å². The summed E-state index contributed by atoms with van der Waals surface area (Å²) in [5, 5.41) is 0. The molecule has 0 atom stereocenters. The highest BCUT2D eigenvalue weighted by molar-refractivity contribution is 7.85. The van der Waals surface area contributed by atoms with Gasteiger partial charge in [-0.1, -0.05) is 0 Å². The van der Waals surface area contributed by atoms with Crippen LogP contribution in [0.1, 0.15) is 24.6 Å². The van der Waals surface area contributed by atoms with Gasteiger partial charge in [0.05, 0.1) is 24.5 Å². The molecule has 1 aliphatic carbocycles. The van der Waals surface area contributed by atoms with Crippen LogP contribution in [0.15, 0.2) is 12.5 Å². The Labute approximate surface area is 82.8 Å². The van der Waals surface area contributed by atoms with Crippen LogP contribution in [0.5, 0.6) is 0 Å². The normalized spacial score (nSPS) is 17.2. The van der Waals surface area contributed by atoms with Gasteiger partial charge in [0.2, 0.25) is 0 Å². The lowest BCUT2D eigenvalue weighted by Crippen LogP contribution is -2.06. The summed E-state index contributed by atoms with van der Waals surface area (Å²) in [7, 11) is -3.36. The molecular weight excluding hydrogens is 204 g/mol. The summed E-state index contributed by atoms with van der Waals surface area (Å²) in [4.78, 5) is 3.97. The fourth-order valence-electron chi connectivity index (χ4n) is 1.29. The van der Waals surface area contributed by atoms with Crippen LogP contribution in [0.2, 0.25) is 0 Å². The predicted molar refractivity (Wildman–Crippen MR) is 50.1 cm³/mol. The van der Waals surface area contributed by atoms with Gasteiger partial charge in [-0.3, -0.25) is 4.18 Å². The highest BCUT2D eigenvalue weighted by atomic mass is 32.2. The molecule has 0 N–H and O–H groups in total. The second-order valence-electron chi connectivity index (χ2n) is 3.49. The van der Waals surface area contributed by atoms with E-state index in [1.165, 1.54) is 0 Å². The first kappa shape index (κ1) is 9.67. The van der Waals surface area contributed by atoms with E-state index in [0.29, 0.717) is 6.04 Å². The van der Waals surface area contributed by atoms with E-state index in [2.05, 4.69) is 4.98 Å². The molecule has 1 saturated carbocycles. The molecule has 0 unspecified atom stereocenters.